The molecule has 2 aromatic rings. The van der Waals surface area contributed by atoms with E-state index < -0.39 is 0 Å². The third-order valence-corrected chi connectivity index (χ3v) is 3.87. The van der Waals surface area contributed by atoms with E-state index in [1.54, 1.807) is 13.3 Å². The molecule has 1 fully saturated rings. The quantitative estimate of drug-likeness (QED) is 0.943. The summed E-state index contributed by atoms with van der Waals surface area (Å²) in [5, 5.41) is 4.02. The van der Waals surface area contributed by atoms with E-state index in [9.17, 15) is 4.79 Å². The normalized spacial score (nSPS) is 14.4. The smallest absolute Gasteiger partial charge is 0.317 e. The molecule has 3 rings (SSSR count). The van der Waals surface area contributed by atoms with Gasteiger partial charge in [-0.1, -0.05) is 6.07 Å². The van der Waals surface area contributed by atoms with Gasteiger partial charge in [0.2, 0.25) is 0 Å². The van der Waals surface area contributed by atoms with Gasteiger partial charge in [0.25, 0.3) is 0 Å². The van der Waals surface area contributed by atoms with Crippen LogP contribution in [0.4, 0.5) is 4.79 Å². The second-order valence-electron chi connectivity index (χ2n) is 5.17. The zero-order chi connectivity index (χ0) is 14.7. The van der Waals surface area contributed by atoms with Gasteiger partial charge >= 0.3 is 6.03 Å². The Morgan fingerprint density at radius 2 is 2.14 bits per heavy atom. The molecule has 5 heteroatoms. The number of aromatic nitrogens is 1. The number of hydrogen-bond donors (Lipinski definition) is 1. The van der Waals surface area contributed by atoms with E-state index in [4.69, 9.17) is 4.74 Å². The third kappa shape index (κ3) is 2.77. The van der Waals surface area contributed by atoms with Crippen molar-refractivity contribution < 1.29 is 9.53 Å². The molecule has 1 N–H and O–H groups in total. The van der Waals surface area contributed by atoms with Crippen LogP contribution in [-0.4, -0.2) is 36.1 Å². The first-order valence-electron chi connectivity index (χ1n) is 7.23. The summed E-state index contributed by atoms with van der Waals surface area (Å²) in [5.74, 6) is 0.753. The Labute approximate surface area is 123 Å². The Morgan fingerprint density at radius 1 is 1.33 bits per heavy atom. The largest absolute Gasteiger partial charge is 0.496 e. The van der Waals surface area contributed by atoms with Gasteiger partial charge in [-0.05, 0) is 31.0 Å². The van der Waals surface area contributed by atoms with Gasteiger partial charge in [0.1, 0.15) is 5.75 Å². The number of nitrogens with zero attached hydrogens (tertiary/aromatic N) is 2. The number of nitrogens with one attached hydrogen (secondary N) is 1. The first-order chi connectivity index (χ1) is 10.3. The predicted molar refractivity (Wildman–Crippen MR) is 81.3 cm³/mol. The highest BCUT2D eigenvalue weighted by Crippen LogP contribution is 2.26. The summed E-state index contributed by atoms with van der Waals surface area (Å²) < 4.78 is 5.41. The van der Waals surface area contributed by atoms with Crippen LogP contribution >= 0.6 is 0 Å². The molecule has 0 atom stereocenters. The Hall–Kier alpha value is -2.30. The molecule has 1 aromatic carbocycles. The molecule has 0 aliphatic carbocycles. The van der Waals surface area contributed by atoms with Crippen molar-refractivity contribution in [2.45, 2.75) is 19.4 Å². The van der Waals surface area contributed by atoms with Gasteiger partial charge in [0.05, 0.1) is 19.2 Å². The number of carbonyl (C=O) groups excluding carboxylic acids is 1. The molecule has 2 heterocycles. The average molecular weight is 285 g/mol. The lowest BCUT2D eigenvalue weighted by atomic mass is 10.1. The molecule has 1 aromatic heterocycles. The zero-order valence-electron chi connectivity index (χ0n) is 12.1. The maximum atomic E-state index is 12.1. The van der Waals surface area contributed by atoms with Crippen molar-refractivity contribution in [2.24, 2.45) is 0 Å². The lowest BCUT2D eigenvalue weighted by Crippen LogP contribution is -2.37. The van der Waals surface area contributed by atoms with E-state index in [1.807, 2.05) is 29.2 Å². The second kappa shape index (κ2) is 5.99. The molecule has 1 aliphatic heterocycles. The molecular weight excluding hydrogens is 266 g/mol. The number of urea groups is 1. The van der Waals surface area contributed by atoms with Gasteiger partial charge in [-0.25, -0.2) is 4.79 Å². The molecule has 21 heavy (non-hydrogen) atoms. The number of carbonyl (C=O) groups is 1. The number of methoxy groups -OCH3 is 1. The van der Waals surface area contributed by atoms with E-state index in [-0.39, 0.29) is 6.03 Å². The Balaban J connectivity index is 1.83. The predicted octanol–water partition coefficient (Wildman–Crippen LogP) is 2.55. The van der Waals surface area contributed by atoms with Crippen LogP contribution < -0.4 is 10.1 Å². The number of fused-ring (bicyclic) bond motifs is 1. The van der Waals surface area contributed by atoms with Gasteiger partial charge in [-0.15, -0.1) is 0 Å². The van der Waals surface area contributed by atoms with Crippen LogP contribution in [0.5, 0.6) is 5.75 Å². The number of amides is 2. The van der Waals surface area contributed by atoms with Crippen LogP contribution in [0.15, 0.2) is 30.5 Å². The average Bonchev–Trinajstić information content (AvgIpc) is 3.06. The van der Waals surface area contributed by atoms with Crippen LogP contribution in [0.3, 0.4) is 0 Å². The first-order valence-corrected chi connectivity index (χ1v) is 7.23. The van der Waals surface area contributed by atoms with E-state index in [2.05, 4.69) is 10.3 Å². The fraction of sp³-hybridized carbons (Fsp3) is 0.375. The van der Waals surface area contributed by atoms with Gasteiger partial charge in [0, 0.05) is 30.2 Å². The maximum absolute atomic E-state index is 12.1. The molecule has 5 nitrogen and oxygen atoms in total. The number of likely N-dealkylation sites (tertiary alicyclic amines) is 1. The summed E-state index contributed by atoms with van der Waals surface area (Å²) in [5.41, 5.74) is 1.79. The molecule has 1 aliphatic rings. The van der Waals surface area contributed by atoms with Crippen molar-refractivity contribution in [1.82, 2.24) is 15.2 Å². The molecule has 0 unspecified atom stereocenters. The number of hydrogen-bond acceptors (Lipinski definition) is 3. The van der Waals surface area contributed by atoms with E-state index in [0.717, 1.165) is 48.1 Å². The molecule has 0 radical (unpaired) electrons. The fourth-order valence-corrected chi connectivity index (χ4v) is 2.75. The summed E-state index contributed by atoms with van der Waals surface area (Å²) in [7, 11) is 1.63. The van der Waals surface area contributed by atoms with E-state index in [1.165, 1.54) is 0 Å². The minimum Gasteiger partial charge on any atom is -0.496 e. The highest BCUT2D eigenvalue weighted by atomic mass is 16.5. The van der Waals surface area contributed by atoms with Crippen molar-refractivity contribution >= 4 is 16.9 Å². The van der Waals surface area contributed by atoms with Crippen molar-refractivity contribution in [3.63, 3.8) is 0 Å². The minimum atomic E-state index is -0.0116. The third-order valence-electron chi connectivity index (χ3n) is 3.87. The van der Waals surface area contributed by atoms with Gasteiger partial charge in [-0.3, -0.25) is 4.98 Å². The summed E-state index contributed by atoms with van der Waals surface area (Å²) in [4.78, 5) is 18.4. The van der Waals surface area contributed by atoms with Crippen LogP contribution in [0.1, 0.15) is 18.4 Å². The summed E-state index contributed by atoms with van der Waals surface area (Å²) in [6.07, 6.45) is 3.94. The van der Waals surface area contributed by atoms with Crippen LogP contribution in [0, 0.1) is 0 Å². The van der Waals surface area contributed by atoms with Gasteiger partial charge < -0.3 is 15.0 Å². The molecule has 0 spiro atoms. The molecule has 0 saturated carbocycles. The van der Waals surface area contributed by atoms with Crippen LogP contribution in [0.25, 0.3) is 10.9 Å². The SMILES string of the molecule is COc1ccc2cccnc2c1CNC(=O)N1CCCC1. The number of benzene rings is 1. The monoisotopic (exact) mass is 285 g/mol. The molecule has 1 saturated heterocycles. The topological polar surface area (TPSA) is 54.5 Å². The summed E-state index contributed by atoms with van der Waals surface area (Å²) in [6, 6.07) is 7.80. The highest BCUT2D eigenvalue weighted by Gasteiger charge is 2.18. The summed E-state index contributed by atoms with van der Waals surface area (Å²) in [6.45, 7) is 2.11. The van der Waals surface area contributed by atoms with Crippen molar-refractivity contribution in [3.8, 4) is 5.75 Å². The molecule has 110 valence electrons. The van der Waals surface area contributed by atoms with E-state index >= 15 is 0 Å². The van der Waals surface area contributed by atoms with E-state index in [0.29, 0.717) is 6.54 Å². The first kappa shape index (κ1) is 13.7. The maximum Gasteiger partial charge on any atom is 0.317 e. The Bertz CT molecular complexity index is 651. The second-order valence-corrected chi connectivity index (χ2v) is 5.17. The number of pyridine rings is 1. The molecule has 0 bridgehead atoms. The van der Waals surface area contributed by atoms with Gasteiger partial charge in [-0.2, -0.15) is 0 Å². The zero-order valence-corrected chi connectivity index (χ0v) is 12.1. The van der Waals surface area contributed by atoms with Crippen LogP contribution in [0.2, 0.25) is 0 Å². The Morgan fingerprint density at radius 3 is 2.90 bits per heavy atom. The fourth-order valence-electron chi connectivity index (χ4n) is 2.75. The highest BCUT2D eigenvalue weighted by molar-refractivity contribution is 5.84. The van der Waals surface area contributed by atoms with Crippen LogP contribution in [-0.2, 0) is 6.54 Å². The lowest BCUT2D eigenvalue weighted by Gasteiger charge is -2.17. The van der Waals surface area contributed by atoms with Crippen molar-refractivity contribution in [1.29, 1.82) is 0 Å². The minimum absolute atomic E-state index is 0.0116. The molecule has 2 amide bonds. The summed E-state index contributed by atoms with van der Waals surface area (Å²) >= 11 is 0. The number of ether oxygens (including phenoxy) is 1. The lowest BCUT2D eigenvalue weighted by molar-refractivity contribution is 0.208. The van der Waals surface area contributed by atoms with Crippen molar-refractivity contribution in [3.05, 3.63) is 36.0 Å². The standard InChI is InChI=1S/C16H19N3O2/c1-21-14-7-6-12-5-4-8-17-15(12)13(14)11-18-16(20)19-9-2-3-10-19/h4-8H,2-3,9-11H2,1H3,(H,18,20). The Kier molecular flexibility index (Phi) is 3.90. The van der Waals surface area contributed by atoms with Gasteiger partial charge in [0.15, 0.2) is 0 Å². The molecular formula is C16H19N3O2. The number of rotatable bonds is 3. The van der Waals surface area contributed by atoms with Crippen molar-refractivity contribution in [2.75, 3.05) is 20.2 Å².